The molecule has 0 N–H and O–H groups in total. The van der Waals surface area contributed by atoms with E-state index in [0.717, 1.165) is 9.80 Å². The Hall–Kier alpha value is -5.42. The number of Topliss-reactive ketones (excluding diaryl/α,β-unsaturated/α-hetero) is 6. The molecular formula is C41H40F6N2O10. The minimum absolute atomic E-state index is 0.0106. The first-order chi connectivity index (χ1) is 27.1. The maximum Gasteiger partial charge on any atom is 0.411 e. The van der Waals surface area contributed by atoms with Crippen LogP contribution in [0.4, 0.5) is 35.9 Å². The molecule has 0 spiro atoms. The fourth-order valence-electron chi connectivity index (χ4n) is 8.34. The summed E-state index contributed by atoms with van der Waals surface area (Å²) in [7, 11) is 0. The van der Waals surface area contributed by atoms with Crippen LogP contribution < -0.4 is 0 Å². The summed E-state index contributed by atoms with van der Waals surface area (Å²) >= 11 is 0. The molecule has 18 heteroatoms. The second kappa shape index (κ2) is 14.4. The normalized spacial score (nSPS) is 22.5. The van der Waals surface area contributed by atoms with Gasteiger partial charge in [-0.2, -0.15) is 26.3 Å². The van der Waals surface area contributed by atoms with E-state index in [1.165, 1.54) is 0 Å². The Bertz CT molecular complexity index is 2040. The number of nitrogens with zero attached hydrogens (tertiary/aromatic N) is 2. The van der Waals surface area contributed by atoms with Gasteiger partial charge in [0.15, 0.2) is 34.7 Å². The standard InChI is InChI=1S/C41H40F6N2O10/c1-37(2,3)58-35(56)48-15-7-9-25(48)33(54)27-29(50)21-13-11-19(17-23(21)31(27)52)39(40(42,43)44,41(45,46)47)20-12-14-22-24(18-20)32(53)28(30(22)51)34(55)26-10-8-16-49(26)36(57)59-38(4,5)6/h11-14,17-18,25-28H,7-10,15-16H2,1-6H3/t25-,26-,27?,28?/m0/s1. The van der Waals surface area contributed by atoms with Crippen molar-refractivity contribution in [2.24, 2.45) is 11.8 Å². The summed E-state index contributed by atoms with van der Waals surface area (Å²) in [6, 6.07) is -0.339. The molecule has 2 aromatic carbocycles. The van der Waals surface area contributed by atoms with Crippen molar-refractivity contribution < 1.29 is 74.2 Å². The van der Waals surface area contributed by atoms with Crippen molar-refractivity contribution in [2.75, 3.05) is 13.1 Å². The van der Waals surface area contributed by atoms with Crippen molar-refractivity contribution in [3.63, 3.8) is 0 Å². The van der Waals surface area contributed by atoms with Gasteiger partial charge in [0, 0.05) is 35.3 Å². The summed E-state index contributed by atoms with van der Waals surface area (Å²) < 4.78 is 103. The fourth-order valence-corrected chi connectivity index (χ4v) is 8.34. The molecule has 316 valence electrons. The molecule has 0 radical (unpaired) electrons. The summed E-state index contributed by atoms with van der Waals surface area (Å²) in [6.07, 6.45) is -13.8. The van der Waals surface area contributed by atoms with Gasteiger partial charge < -0.3 is 9.47 Å². The number of rotatable bonds is 6. The van der Waals surface area contributed by atoms with Gasteiger partial charge in [0.1, 0.15) is 23.0 Å². The minimum atomic E-state index is -6.26. The Morgan fingerprint density at radius 3 is 1.17 bits per heavy atom. The van der Waals surface area contributed by atoms with E-state index in [2.05, 4.69) is 0 Å². The molecule has 4 aliphatic rings. The molecular weight excluding hydrogens is 794 g/mol. The van der Waals surface area contributed by atoms with Crippen LogP contribution in [-0.2, 0) is 24.5 Å². The molecule has 2 heterocycles. The third-order valence-corrected chi connectivity index (χ3v) is 10.9. The van der Waals surface area contributed by atoms with Crippen molar-refractivity contribution in [3.8, 4) is 0 Å². The van der Waals surface area contributed by atoms with Gasteiger partial charge in [-0.1, -0.05) is 24.3 Å². The van der Waals surface area contributed by atoms with E-state index >= 15 is 26.3 Å². The maximum absolute atomic E-state index is 15.4. The number of halogens is 6. The number of benzene rings is 2. The summed E-state index contributed by atoms with van der Waals surface area (Å²) in [5, 5.41) is 0. The monoisotopic (exact) mass is 834 g/mol. The smallest absolute Gasteiger partial charge is 0.411 e. The number of likely N-dealkylation sites (tertiary alicyclic amines) is 2. The van der Waals surface area contributed by atoms with E-state index in [1.807, 2.05) is 0 Å². The zero-order valence-electron chi connectivity index (χ0n) is 32.8. The average Bonchev–Trinajstić information content (AvgIpc) is 3.88. The summed E-state index contributed by atoms with van der Waals surface area (Å²) in [5.74, 6) is -11.6. The first-order valence-electron chi connectivity index (χ1n) is 18.8. The van der Waals surface area contributed by atoms with Crippen molar-refractivity contribution in [3.05, 3.63) is 69.8 Å². The highest BCUT2D eigenvalue weighted by molar-refractivity contribution is 6.37. The number of carbonyl (C=O) groups is 8. The zero-order valence-corrected chi connectivity index (χ0v) is 32.8. The lowest BCUT2D eigenvalue weighted by Gasteiger charge is -2.38. The topological polar surface area (TPSA) is 162 Å². The van der Waals surface area contributed by atoms with E-state index in [4.69, 9.17) is 9.47 Å². The van der Waals surface area contributed by atoms with Crippen LogP contribution in [0, 0.1) is 11.8 Å². The Morgan fingerprint density at radius 2 is 0.864 bits per heavy atom. The van der Waals surface area contributed by atoms with Crippen molar-refractivity contribution in [2.45, 2.75) is 108 Å². The highest BCUT2D eigenvalue weighted by Crippen LogP contribution is 2.57. The van der Waals surface area contributed by atoms with Gasteiger partial charge in [0.05, 0.1) is 12.1 Å². The molecule has 12 nitrogen and oxygen atoms in total. The van der Waals surface area contributed by atoms with Crippen LogP contribution >= 0.6 is 0 Å². The number of fused-ring (bicyclic) bond motifs is 2. The molecule has 2 saturated heterocycles. The fraction of sp³-hybridized carbons (Fsp3) is 0.512. The maximum atomic E-state index is 15.4. The molecule has 2 unspecified atom stereocenters. The molecule has 4 atom stereocenters. The predicted octanol–water partition coefficient (Wildman–Crippen LogP) is 7.02. The molecule has 0 saturated carbocycles. The molecule has 2 amide bonds. The molecule has 6 rings (SSSR count). The Kier molecular flexibility index (Phi) is 10.5. The van der Waals surface area contributed by atoms with E-state index in [0.29, 0.717) is 24.3 Å². The van der Waals surface area contributed by atoms with Crippen LogP contribution in [0.25, 0.3) is 0 Å². The highest BCUT2D eigenvalue weighted by Gasteiger charge is 2.73. The van der Waals surface area contributed by atoms with Crippen LogP contribution in [0.15, 0.2) is 36.4 Å². The second-order valence-electron chi connectivity index (χ2n) is 17.1. The van der Waals surface area contributed by atoms with Gasteiger partial charge in [0.2, 0.25) is 5.41 Å². The Morgan fingerprint density at radius 1 is 0.542 bits per heavy atom. The van der Waals surface area contributed by atoms with Crippen molar-refractivity contribution in [1.82, 2.24) is 9.80 Å². The third-order valence-electron chi connectivity index (χ3n) is 10.9. The van der Waals surface area contributed by atoms with Gasteiger partial charge in [-0.15, -0.1) is 0 Å². The van der Waals surface area contributed by atoms with Crippen LogP contribution in [0.3, 0.4) is 0 Å². The molecule has 59 heavy (non-hydrogen) atoms. The molecule has 2 fully saturated rings. The highest BCUT2D eigenvalue weighted by atomic mass is 19.4. The third kappa shape index (κ3) is 7.21. The number of hydrogen-bond acceptors (Lipinski definition) is 10. The van der Waals surface area contributed by atoms with Gasteiger partial charge in [-0.3, -0.25) is 38.6 Å². The number of alkyl halides is 6. The molecule has 2 aliphatic heterocycles. The lowest BCUT2D eigenvalue weighted by molar-refractivity contribution is -0.288. The number of ketones is 6. The Labute approximate surface area is 333 Å². The number of ether oxygens (including phenoxy) is 2. The first kappa shape index (κ1) is 43.2. The first-order valence-corrected chi connectivity index (χ1v) is 18.8. The van der Waals surface area contributed by atoms with Crippen LogP contribution in [0.1, 0.15) is 120 Å². The predicted molar refractivity (Wildman–Crippen MR) is 192 cm³/mol. The lowest BCUT2D eigenvalue weighted by Crippen LogP contribution is -2.55. The summed E-state index contributed by atoms with van der Waals surface area (Å²) in [4.78, 5) is 110. The summed E-state index contributed by atoms with van der Waals surface area (Å²) in [5.41, 5.74) is -13.1. The van der Waals surface area contributed by atoms with Gasteiger partial charge in [-0.25, -0.2) is 9.59 Å². The van der Waals surface area contributed by atoms with Crippen molar-refractivity contribution in [1.29, 1.82) is 0 Å². The SMILES string of the molecule is CC(C)(C)OC(=O)N1CCC[C@H]1C(=O)C1C(=O)c2ccc(C(c3ccc4c(c3)C(=O)C(C(=O)[C@@H]3CCCN3C(=O)OC(C)(C)C)C4=O)(C(F)(F)F)C(F)(F)F)cc2C1=O. The lowest BCUT2D eigenvalue weighted by atomic mass is 9.71. The van der Waals surface area contributed by atoms with E-state index in [1.54, 1.807) is 41.5 Å². The van der Waals surface area contributed by atoms with Crippen LogP contribution in [0.2, 0.25) is 0 Å². The molecule has 2 aromatic rings. The van der Waals surface area contributed by atoms with Gasteiger partial charge >= 0.3 is 24.5 Å². The van der Waals surface area contributed by atoms with Crippen molar-refractivity contribution >= 4 is 46.9 Å². The Balaban J connectivity index is 1.37. The van der Waals surface area contributed by atoms with Gasteiger partial charge in [0.25, 0.3) is 0 Å². The largest absolute Gasteiger partial charge is 0.444 e. The molecule has 2 aliphatic carbocycles. The number of hydrogen-bond donors (Lipinski definition) is 0. The van der Waals surface area contributed by atoms with Crippen LogP contribution in [0.5, 0.6) is 0 Å². The van der Waals surface area contributed by atoms with Crippen LogP contribution in [-0.4, -0.2) is 105 Å². The number of amides is 2. The van der Waals surface area contributed by atoms with E-state index < -0.39 is 133 Å². The minimum Gasteiger partial charge on any atom is -0.444 e. The summed E-state index contributed by atoms with van der Waals surface area (Å²) in [6.45, 7) is 9.43. The van der Waals surface area contributed by atoms with Gasteiger partial charge in [-0.05, 0) is 90.5 Å². The second-order valence-corrected chi connectivity index (χ2v) is 17.1. The number of carbonyl (C=O) groups excluding carboxylic acids is 8. The van der Waals surface area contributed by atoms with E-state index in [-0.39, 0.29) is 50.9 Å². The zero-order chi connectivity index (χ0) is 43.9. The molecule has 0 aromatic heterocycles. The molecule has 0 bridgehead atoms. The van der Waals surface area contributed by atoms with E-state index in [9.17, 15) is 38.4 Å². The average molecular weight is 835 g/mol. The quantitative estimate of drug-likeness (QED) is 0.218.